The second kappa shape index (κ2) is 8.87. The number of carbonyl (C=O) groups excluding carboxylic acids is 2. The third kappa shape index (κ3) is 4.21. The Labute approximate surface area is 180 Å². The normalized spacial score (nSPS) is 14.1. The van der Waals surface area contributed by atoms with Crippen LogP contribution >= 0.6 is 0 Å². The molecule has 0 saturated carbocycles. The van der Waals surface area contributed by atoms with E-state index in [-0.39, 0.29) is 17.6 Å². The van der Waals surface area contributed by atoms with Crippen LogP contribution in [0.2, 0.25) is 0 Å². The SMILES string of the molecule is COc1ccccc1C(=O)N/N=C1\CCCc2oc(C(=O)Nc3ccccc3)c(C)c21. The topological polar surface area (TPSA) is 92.9 Å². The van der Waals surface area contributed by atoms with Gasteiger partial charge in [-0.05, 0) is 44.0 Å². The molecular formula is C24H23N3O4. The summed E-state index contributed by atoms with van der Waals surface area (Å²) in [7, 11) is 1.52. The number of hydrogen-bond acceptors (Lipinski definition) is 5. The highest BCUT2D eigenvalue weighted by Crippen LogP contribution is 2.30. The summed E-state index contributed by atoms with van der Waals surface area (Å²) in [6.07, 6.45) is 2.22. The lowest BCUT2D eigenvalue weighted by molar-refractivity contribution is 0.0950. The minimum Gasteiger partial charge on any atom is -0.496 e. The Kier molecular flexibility index (Phi) is 5.84. The number of benzene rings is 2. The second-order valence-electron chi connectivity index (χ2n) is 7.23. The average Bonchev–Trinajstić information content (AvgIpc) is 3.15. The van der Waals surface area contributed by atoms with Crippen LogP contribution in [-0.2, 0) is 6.42 Å². The van der Waals surface area contributed by atoms with E-state index in [1.165, 1.54) is 7.11 Å². The molecule has 158 valence electrons. The van der Waals surface area contributed by atoms with Gasteiger partial charge in [0.25, 0.3) is 11.8 Å². The summed E-state index contributed by atoms with van der Waals surface area (Å²) in [6.45, 7) is 1.84. The third-order valence-corrected chi connectivity index (χ3v) is 5.21. The van der Waals surface area contributed by atoms with Crippen molar-refractivity contribution in [3.63, 3.8) is 0 Å². The van der Waals surface area contributed by atoms with E-state index in [0.29, 0.717) is 46.9 Å². The van der Waals surface area contributed by atoms with Gasteiger partial charge in [-0.25, -0.2) is 5.43 Å². The molecule has 7 nitrogen and oxygen atoms in total. The number of nitrogens with one attached hydrogen (secondary N) is 2. The van der Waals surface area contributed by atoms with Gasteiger partial charge in [-0.1, -0.05) is 30.3 Å². The standard InChI is InChI=1S/C24H23N3O4/c1-15-21-18(26-27-23(28)17-11-6-7-13-19(17)30-2)12-8-14-20(21)31-22(15)24(29)25-16-9-4-3-5-10-16/h3-7,9-11,13H,8,12,14H2,1-2H3,(H,25,29)(H,27,28)/b26-18+. The zero-order chi connectivity index (χ0) is 21.8. The number of para-hydroxylation sites is 2. The number of amides is 2. The van der Waals surface area contributed by atoms with Gasteiger partial charge in [-0.15, -0.1) is 0 Å². The number of rotatable bonds is 5. The molecule has 1 aliphatic carbocycles. The van der Waals surface area contributed by atoms with Gasteiger partial charge in [0.05, 0.1) is 18.4 Å². The van der Waals surface area contributed by atoms with Crippen LogP contribution in [0.25, 0.3) is 0 Å². The number of aryl methyl sites for hydroxylation is 1. The van der Waals surface area contributed by atoms with Crippen LogP contribution < -0.4 is 15.5 Å². The van der Waals surface area contributed by atoms with Crippen molar-refractivity contribution in [2.24, 2.45) is 5.10 Å². The van der Waals surface area contributed by atoms with Gasteiger partial charge >= 0.3 is 0 Å². The molecule has 1 aromatic heterocycles. The molecule has 0 saturated heterocycles. The van der Waals surface area contributed by atoms with E-state index in [4.69, 9.17) is 9.15 Å². The molecule has 3 aromatic rings. The highest BCUT2D eigenvalue weighted by atomic mass is 16.5. The summed E-state index contributed by atoms with van der Waals surface area (Å²) in [5, 5.41) is 7.21. The maximum Gasteiger partial charge on any atom is 0.291 e. The summed E-state index contributed by atoms with van der Waals surface area (Å²) >= 11 is 0. The highest BCUT2D eigenvalue weighted by molar-refractivity contribution is 6.09. The van der Waals surface area contributed by atoms with Crippen molar-refractivity contribution in [1.82, 2.24) is 5.43 Å². The summed E-state index contributed by atoms with van der Waals surface area (Å²) < 4.78 is 11.1. The lowest BCUT2D eigenvalue weighted by atomic mass is 9.93. The molecule has 31 heavy (non-hydrogen) atoms. The Morgan fingerprint density at radius 2 is 1.74 bits per heavy atom. The molecule has 0 fully saturated rings. The van der Waals surface area contributed by atoms with Gasteiger partial charge in [-0.3, -0.25) is 9.59 Å². The molecule has 1 heterocycles. The molecule has 0 radical (unpaired) electrons. The van der Waals surface area contributed by atoms with Crippen molar-refractivity contribution >= 4 is 23.2 Å². The first-order valence-electron chi connectivity index (χ1n) is 10.1. The second-order valence-corrected chi connectivity index (χ2v) is 7.23. The van der Waals surface area contributed by atoms with Crippen molar-refractivity contribution in [1.29, 1.82) is 0 Å². The van der Waals surface area contributed by atoms with Crippen molar-refractivity contribution in [2.75, 3.05) is 12.4 Å². The van der Waals surface area contributed by atoms with Crippen molar-refractivity contribution in [3.05, 3.63) is 82.8 Å². The predicted molar refractivity (Wildman–Crippen MR) is 118 cm³/mol. The van der Waals surface area contributed by atoms with Gasteiger partial charge in [0, 0.05) is 23.2 Å². The lowest BCUT2D eigenvalue weighted by Gasteiger charge is -2.14. The Balaban J connectivity index is 1.58. The number of nitrogens with zero attached hydrogens (tertiary/aromatic N) is 1. The summed E-state index contributed by atoms with van der Waals surface area (Å²) in [5.74, 6) is 0.784. The molecule has 0 bridgehead atoms. The summed E-state index contributed by atoms with van der Waals surface area (Å²) in [5.41, 5.74) is 5.92. The molecule has 4 rings (SSSR count). The quantitative estimate of drug-likeness (QED) is 0.605. The smallest absolute Gasteiger partial charge is 0.291 e. The van der Waals surface area contributed by atoms with Crippen molar-refractivity contribution < 1.29 is 18.7 Å². The van der Waals surface area contributed by atoms with Gasteiger partial charge in [0.15, 0.2) is 5.76 Å². The van der Waals surface area contributed by atoms with E-state index >= 15 is 0 Å². The number of carbonyl (C=O) groups is 2. The van der Waals surface area contributed by atoms with Crippen LogP contribution in [-0.4, -0.2) is 24.6 Å². The molecule has 2 amide bonds. The summed E-state index contributed by atoms with van der Waals surface area (Å²) in [6, 6.07) is 16.2. The van der Waals surface area contributed by atoms with E-state index in [1.807, 2.05) is 37.3 Å². The molecule has 7 heteroatoms. The van der Waals surface area contributed by atoms with Crippen LogP contribution in [0.5, 0.6) is 5.75 Å². The maximum absolute atomic E-state index is 12.8. The Hall–Kier alpha value is -3.87. The average molecular weight is 417 g/mol. The van der Waals surface area contributed by atoms with E-state index in [0.717, 1.165) is 12.0 Å². The number of anilines is 1. The van der Waals surface area contributed by atoms with Gasteiger partial charge in [0.1, 0.15) is 11.5 Å². The summed E-state index contributed by atoms with van der Waals surface area (Å²) in [4.78, 5) is 25.3. The maximum atomic E-state index is 12.8. The highest BCUT2D eigenvalue weighted by Gasteiger charge is 2.28. The molecule has 2 aromatic carbocycles. The fourth-order valence-corrected chi connectivity index (χ4v) is 3.72. The molecule has 0 aliphatic heterocycles. The number of furan rings is 1. The molecule has 0 unspecified atom stereocenters. The van der Waals surface area contributed by atoms with Gasteiger partial charge in [-0.2, -0.15) is 5.10 Å². The lowest BCUT2D eigenvalue weighted by Crippen LogP contribution is -2.22. The third-order valence-electron chi connectivity index (χ3n) is 5.21. The first-order valence-corrected chi connectivity index (χ1v) is 10.1. The fraction of sp³-hybridized carbons (Fsp3) is 0.208. The number of hydrazone groups is 1. The largest absolute Gasteiger partial charge is 0.496 e. The molecular weight excluding hydrogens is 394 g/mol. The van der Waals surface area contributed by atoms with E-state index in [9.17, 15) is 9.59 Å². The monoisotopic (exact) mass is 417 g/mol. The predicted octanol–water partition coefficient (Wildman–Crippen LogP) is 4.32. The molecule has 0 spiro atoms. The van der Waals surface area contributed by atoms with E-state index in [1.54, 1.807) is 24.3 Å². The Morgan fingerprint density at radius 1 is 1.00 bits per heavy atom. The molecule has 0 atom stereocenters. The Morgan fingerprint density at radius 3 is 2.52 bits per heavy atom. The zero-order valence-corrected chi connectivity index (χ0v) is 17.4. The molecule has 1 aliphatic rings. The van der Waals surface area contributed by atoms with Crippen molar-refractivity contribution in [2.45, 2.75) is 26.2 Å². The first kappa shape index (κ1) is 20.4. The number of hydrogen-bond donors (Lipinski definition) is 2. The Bertz CT molecular complexity index is 1150. The van der Waals surface area contributed by atoms with Gasteiger partial charge in [0.2, 0.25) is 0 Å². The van der Waals surface area contributed by atoms with Crippen LogP contribution in [0.4, 0.5) is 5.69 Å². The number of methoxy groups -OCH3 is 1. The molecule has 2 N–H and O–H groups in total. The van der Waals surface area contributed by atoms with E-state index < -0.39 is 0 Å². The minimum absolute atomic E-state index is 0.263. The van der Waals surface area contributed by atoms with Crippen LogP contribution in [0.1, 0.15) is 50.6 Å². The fourth-order valence-electron chi connectivity index (χ4n) is 3.72. The number of fused-ring (bicyclic) bond motifs is 1. The zero-order valence-electron chi connectivity index (χ0n) is 17.4. The van der Waals surface area contributed by atoms with Gasteiger partial charge < -0.3 is 14.5 Å². The number of ether oxygens (including phenoxy) is 1. The van der Waals surface area contributed by atoms with Crippen LogP contribution in [0, 0.1) is 6.92 Å². The first-order chi connectivity index (χ1) is 15.1. The van der Waals surface area contributed by atoms with Crippen LogP contribution in [0.3, 0.4) is 0 Å². The van der Waals surface area contributed by atoms with E-state index in [2.05, 4.69) is 15.8 Å². The minimum atomic E-state index is -0.361. The van der Waals surface area contributed by atoms with Crippen LogP contribution in [0.15, 0.2) is 64.1 Å². The van der Waals surface area contributed by atoms with Crippen molar-refractivity contribution in [3.8, 4) is 5.75 Å².